The molecular formula is C25H30O8. The topological polar surface area (TPSA) is 109 Å². The van der Waals surface area contributed by atoms with Gasteiger partial charge in [0.25, 0.3) is 0 Å². The van der Waals surface area contributed by atoms with Gasteiger partial charge in [-0.05, 0) is 42.2 Å². The quantitative estimate of drug-likeness (QED) is 0.499. The fraction of sp³-hybridized carbons (Fsp3) is 0.600. The van der Waals surface area contributed by atoms with Gasteiger partial charge in [0.2, 0.25) is 0 Å². The first-order valence-electron chi connectivity index (χ1n) is 11.3. The lowest BCUT2D eigenvalue weighted by molar-refractivity contribution is -0.206. The Kier molecular flexibility index (Phi) is 5.97. The summed E-state index contributed by atoms with van der Waals surface area (Å²) in [5.74, 6) is -3.34. The van der Waals surface area contributed by atoms with Crippen LogP contribution >= 0.6 is 0 Å². The molecule has 1 aromatic heterocycles. The van der Waals surface area contributed by atoms with Crippen molar-refractivity contribution in [2.45, 2.75) is 58.7 Å². The minimum Gasteiger partial charge on any atom is -0.472 e. The fourth-order valence-electron chi connectivity index (χ4n) is 6.56. The maximum atomic E-state index is 13.8. The number of fused-ring (bicyclic) bond motifs is 3. The second kappa shape index (κ2) is 8.47. The highest BCUT2D eigenvalue weighted by atomic mass is 16.6. The molecule has 0 unspecified atom stereocenters. The van der Waals surface area contributed by atoms with Gasteiger partial charge in [-0.1, -0.05) is 19.9 Å². The molecule has 2 saturated carbocycles. The number of Topliss-reactive ketones (excluding diaryl/α,β-unsaturated/α-hetero) is 1. The summed E-state index contributed by atoms with van der Waals surface area (Å²) in [6.07, 6.45) is 6.70. The molecule has 3 aliphatic rings. The van der Waals surface area contributed by atoms with Crippen LogP contribution in [0.1, 0.15) is 52.0 Å². The van der Waals surface area contributed by atoms with Gasteiger partial charge in [0, 0.05) is 24.8 Å². The minimum absolute atomic E-state index is 0.0904. The van der Waals surface area contributed by atoms with Crippen LogP contribution in [0.5, 0.6) is 0 Å². The number of ether oxygens (including phenoxy) is 3. The maximum Gasteiger partial charge on any atom is 0.310 e. The van der Waals surface area contributed by atoms with Crippen LogP contribution in [0.3, 0.4) is 0 Å². The number of esters is 3. The van der Waals surface area contributed by atoms with E-state index in [0.29, 0.717) is 19.3 Å². The number of carbonyl (C=O) groups is 4. The van der Waals surface area contributed by atoms with Crippen LogP contribution in [0, 0.1) is 28.6 Å². The van der Waals surface area contributed by atoms with Crippen molar-refractivity contribution in [2.24, 2.45) is 28.6 Å². The molecule has 8 heteroatoms. The van der Waals surface area contributed by atoms with Gasteiger partial charge < -0.3 is 18.6 Å². The third-order valence-electron chi connectivity index (χ3n) is 7.97. The molecule has 0 bridgehead atoms. The SMILES string of the molecule is COC(=O)[C@@H]1C[C@H](OC(C)=O)C(=O)[C@H]2[C@@]1(C)CC[C@H]1C(=O)O[C@H](/C=C/c3ccoc3)C[C@]21C. The highest BCUT2D eigenvalue weighted by Gasteiger charge is 2.67. The van der Waals surface area contributed by atoms with E-state index in [9.17, 15) is 19.2 Å². The van der Waals surface area contributed by atoms with Gasteiger partial charge in [0.05, 0.1) is 31.5 Å². The van der Waals surface area contributed by atoms with Crippen molar-refractivity contribution < 1.29 is 37.8 Å². The zero-order chi connectivity index (χ0) is 24.0. The van der Waals surface area contributed by atoms with Crippen LogP contribution in [-0.4, -0.2) is 43.0 Å². The maximum absolute atomic E-state index is 13.8. The van der Waals surface area contributed by atoms with E-state index in [0.717, 1.165) is 5.56 Å². The number of cyclic esters (lactones) is 1. The van der Waals surface area contributed by atoms with Gasteiger partial charge >= 0.3 is 17.9 Å². The number of hydrogen-bond donors (Lipinski definition) is 0. The first kappa shape index (κ1) is 23.3. The number of methoxy groups -OCH3 is 1. The summed E-state index contributed by atoms with van der Waals surface area (Å²) in [7, 11) is 1.32. The summed E-state index contributed by atoms with van der Waals surface area (Å²) in [6.45, 7) is 5.11. The molecule has 7 atom stereocenters. The Morgan fingerprint density at radius 1 is 1.21 bits per heavy atom. The number of ketones is 1. The average Bonchev–Trinajstić information content (AvgIpc) is 3.26. The molecule has 0 radical (unpaired) electrons. The van der Waals surface area contributed by atoms with Crippen LogP contribution in [0.2, 0.25) is 0 Å². The van der Waals surface area contributed by atoms with Crippen molar-refractivity contribution in [1.29, 1.82) is 0 Å². The molecule has 1 saturated heterocycles. The van der Waals surface area contributed by atoms with E-state index in [4.69, 9.17) is 18.6 Å². The normalized spacial score (nSPS) is 38.2. The van der Waals surface area contributed by atoms with Crippen LogP contribution in [0.15, 0.2) is 29.1 Å². The Morgan fingerprint density at radius 3 is 2.61 bits per heavy atom. The highest BCUT2D eigenvalue weighted by Crippen LogP contribution is 2.64. The van der Waals surface area contributed by atoms with Gasteiger partial charge in [0.1, 0.15) is 6.10 Å². The molecule has 3 fully saturated rings. The molecule has 178 valence electrons. The lowest BCUT2D eigenvalue weighted by Gasteiger charge is -2.60. The van der Waals surface area contributed by atoms with Crippen LogP contribution in [-0.2, 0) is 33.4 Å². The van der Waals surface area contributed by atoms with Crippen LogP contribution < -0.4 is 0 Å². The lowest BCUT2D eigenvalue weighted by Crippen LogP contribution is -2.65. The molecular weight excluding hydrogens is 428 g/mol. The molecule has 0 spiro atoms. The zero-order valence-electron chi connectivity index (χ0n) is 19.4. The first-order valence-corrected chi connectivity index (χ1v) is 11.3. The van der Waals surface area contributed by atoms with Crippen molar-refractivity contribution in [3.63, 3.8) is 0 Å². The number of furan rings is 1. The molecule has 0 N–H and O–H groups in total. The largest absolute Gasteiger partial charge is 0.472 e. The van der Waals surface area contributed by atoms with Gasteiger partial charge in [-0.3, -0.25) is 19.2 Å². The van der Waals surface area contributed by atoms with Gasteiger partial charge in [-0.25, -0.2) is 0 Å². The van der Waals surface area contributed by atoms with Crippen molar-refractivity contribution in [1.82, 2.24) is 0 Å². The van der Waals surface area contributed by atoms with E-state index in [1.165, 1.54) is 14.0 Å². The summed E-state index contributed by atoms with van der Waals surface area (Å²) >= 11 is 0. The summed E-state index contributed by atoms with van der Waals surface area (Å²) in [5, 5.41) is 0. The van der Waals surface area contributed by atoms with Crippen molar-refractivity contribution >= 4 is 29.8 Å². The molecule has 2 aliphatic carbocycles. The van der Waals surface area contributed by atoms with Gasteiger partial charge in [0.15, 0.2) is 11.9 Å². The summed E-state index contributed by atoms with van der Waals surface area (Å²) in [5.41, 5.74) is -0.653. The molecule has 1 aromatic rings. The minimum atomic E-state index is -1.04. The molecule has 0 aromatic carbocycles. The second-order valence-corrected chi connectivity index (χ2v) is 9.94. The molecule has 4 rings (SSSR count). The fourth-order valence-corrected chi connectivity index (χ4v) is 6.56. The lowest BCUT2D eigenvalue weighted by atomic mass is 9.43. The van der Waals surface area contributed by atoms with Crippen LogP contribution in [0.25, 0.3) is 6.08 Å². The Hall–Kier alpha value is -2.90. The Bertz CT molecular complexity index is 979. The van der Waals surface area contributed by atoms with E-state index < -0.39 is 52.7 Å². The molecule has 0 amide bonds. The van der Waals surface area contributed by atoms with E-state index in [1.807, 2.05) is 19.9 Å². The number of carbonyl (C=O) groups excluding carboxylic acids is 4. The smallest absolute Gasteiger partial charge is 0.310 e. The Labute approximate surface area is 192 Å². The molecule has 8 nitrogen and oxygen atoms in total. The third kappa shape index (κ3) is 3.89. The molecule has 33 heavy (non-hydrogen) atoms. The predicted octanol–water partition coefficient (Wildman–Crippen LogP) is 3.34. The molecule has 1 aliphatic heterocycles. The standard InChI is InChI=1S/C25H30O8/c1-14(26)32-19-11-18(22(28)30-4)24(2)9-7-17-23(29)33-16(6-5-15-8-10-31-13-15)12-25(17,3)21(24)20(19)27/h5-6,8,10,13,16-19,21H,7,9,11-12H2,1-4H3/b6-5+/t16-,17+,18+,19+,21+,24+,25+/m1/s1. The number of hydrogen-bond acceptors (Lipinski definition) is 8. The summed E-state index contributed by atoms with van der Waals surface area (Å²) in [6, 6.07) is 1.79. The van der Waals surface area contributed by atoms with Crippen molar-refractivity contribution in [2.75, 3.05) is 7.11 Å². The second-order valence-electron chi connectivity index (χ2n) is 9.94. The van der Waals surface area contributed by atoms with E-state index in [2.05, 4.69) is 0 Å². The van der Waals surface area contributed by atoms with Crippen molar-refractivity contribution in [3.8, 4) is 0 Å². The average molecular weight is 459 g/mol. The predicted molar refractivity (Wildman–Crippen MR) is 115 cm³/mol. The Balaban J connectivity index is 1.73. The molecule has 2 heterocycles. The highest BCUT2D eigenvalue weighted by molar-refractivity contribution is 5.93. The van der Waals surface area contributed by atoms with Crippen molar-refractivity contribution in [3.05, 3.63) is 30.2 Å². The summed E-state index contributed by atoms with van der Waals surface area (Å²) in [4.78, 5) is 51.4. The monoisotopic (exact) mass is 458 g/mol. The third-order valence-corrected chi connectivity index (χ3v) is 7.97. The first-order chi connectivity index (χ1) is 15.6. The van der Waals surface area contributed by atoms with Gasteiger partial charge in [-0.15, -0.1) is 0 Å². The summed E-state index contributed by atoms with van der Waals surface area (Å²) < 4.78 is 21.2. The Morgan fingerprint density at radius 2 is 1.97 bits per heavy atom. The van der Waals surface area contributed by atoms with Crippen LogP contribution in [0.4, 0.5) is 0 Å². The van der Waals surface area contributed by atoms with E-state index >= 15 is 0 Å². The zero-order valence-corrected chi connectivity index (χ0v) is 19.4. The number of rotatable bonds is 4. The van der Waals surface area contributed by atoms with E-state index in [1.54, 1.807) is 24.7 Å². The van der Waals surface area contributed by atoms with Gasteiger partial charge in [-0.2, -0.15) is 0 Å². The van der Waals surface area contributed by atoms with E-state index in [-0.39, 0.29) is 18.2 Å².